The Morgan fingerprint density at radius 2 is 2.18 bits per heavy atom. The van der Waals surface area contributed by atoms with E-state index in [1.807, 2.05) is 31.5 Å². The molecule has 0 bridgehead atoms. The molecule has 1 unspecified atom stereocenters. The van der Waals surface area contributed by atoms with Crippen molar-refractivity contribution in [3.05, 3.63) is 45.7 Å². The second-order valence-electron chi connectivity index (χ2n) is 5.42. The summed E-state index contributed by atoms with van der Waals surface area (Å²) in [4.78, 5) is 20.3. The normalized spacial score (nSPS) is 12.0. The van der Waals surface area contributed by atoms with Crippen LogP contribution in [0.2, 0.25) is 0 Å². The zero-order valence-corrected chi connectivity index (χ0v) is 14.0. The topological polar surface area (TPSA) is 66.9 Å². The number of hydrogen-bond acceptors (Lipinski definition) is 4. The van der Waals surface area contributed by atoms with Crippen LogP contribution in [0.3, 0.4) is 0 Å². The van der Waals surface area contributed by atoms with E-state index < -0.39 is 0 Å². The summed E-state index contributed by atoms with van der Waals surface area (Å²) in [5.74, 6) is 0.229. The first-order valence-corrected chi connectivity index (χ1v) is 8.27. The molecule has 0 aromatic carbocycles. The first-order chi connectivity index (χ1) is 10.6. The number of thiazole rings is 1. The number of hydrogen-bond donors (Lipinski definition) is 2. The standard InChI is InChI=1S/C16H22N4OS/c1-11-8-17-6-4-14(11)5-7-18-16(21)19-9-12(2)15-20-13(3)10-22-15/h4,6,8,10,12H,5,7,9H2,1-3H3,(H2,18,19,21). The molecule has 2 amide bonds. The van der Waals surface area contributed by atoms with E-state index in [4.69, 9.17) is 0 Å². The van der Waals surface area contributed by atoms with Gasteiger partial charge in [-0.3, -0.25) is 4.98 Å². The molecule has 0 saturated carbocycles. The van der Waals surface area contributed by atoms with E-state index in [1.165, 1.54) is 5.56 Å². The molecule has 2 N–H and O–H groups in total. The number of pyridine rings is 1. The summed E-state index contributed by atoms with van der Waals surface area (Å²) in [6, 6.07) is 1.86. The fourth-order valence-corrected chi connectivity index (χ4v) is 2.94. The lowest BCUT2D eigenvalue weighted by atomic mass is 10.1. The molecule has 1 atom stereocenters. The van der Waals surface area contributed by atoms with Gasteiger partial charge in [0.05, 0.1) is 5.01 Å². The van der Waals surface area contributed by atoms with Crippen LogP contribution in [0.25, 0.3) is 0 Å². The molecule has 2 aromatic rings. The SMILES string of the molecule is Cc1csc(C(C)CNC(=O)NCCc2ccncc2C)n1. The molecule has 0 aliphatic rings. The summed E-state index contributed by atoms with van der Waals surface area (Å²) in [5.41, 5.74) is 3.39. The Morgan fingerprint density at radius 1 is 1.36 bits per heavy atom. The molecule has 2 heterocycles. The highest BCUT2D eigenvalue weighted by molar-refractivity contribution is 7.09. The number of aromatic nitrogens is 2. The number of aryl methyl sites for hydroxylation is 2. The van der Waals surface area contributed by atoms with E-state index in [9.17, 15) is 4.79 Å². The van der Waals surface area contributed by atoms with Crippen molar-refractivity contribution in [3.8, 4) is 0 Å². The van der Waals surface area contributed by atoms with Gasteiger partial charge in [0, 0.05) is 42.5 Å². The van der Waals surface area contributed by atoms with Gasteiger partial charge >= 0.3 is 6.03 Å². The summed E-state index contributed by atoms with van der Waals surface area (Å²) in [6.07, 6.45) is 4.43. The van der Waals surface area contributed by atoms with Crippen molar-refractivity contribution in [1.82, 2.24) is 20.6 Å². The first kappa shape index (κ1) is 16.4. The summed E-state index contributed by atoms with van der Waals surface area (Å²) in [5, 5.41) is 8.87. The second kappa shape index (κ2) is 7.89. The van der Waals surface area contributed by atoms with Gasteiger partial charge in [0.2, 0.25) is 0 Å². The van der Waals surface area contributed by atoms with Gasteiger partial charge in [-0.2, -0.15) is 0 Å². The van der Waals surface area contributed by atoms with Crippen LogP contribution in [-0.4, -0.2) is 29.1 Å². The Morgan fingerprint density at radius 3 is 2.86 bits per heavy atom. The van der Waals surface area contributed by atoms with Gasteiger partial charge < -0.3 is 10.6 Å². The average molecular weight is 318 g/mol. The third-order valence-electron chi connectivity index (χ3n) is 3.44. The average Bonchev–Trinajstić information content (AvgIpc) is 2.93. The molecule has 0 spiro atoms. The Balaban J connectivity index is 1.69. The number of nitrogens with one attached hydrogen (secondary N) is 2. The van der Waals surface area contributed by atoms with Crippen molar-refractivity contribution in [2.75, 3.05) is 13.1 Å². The van der Waals surface area contributed by atoms with Crippen molar-refractivity contribution in [1.29, 1.82) is 0 Å². The van der Waals surface area contributed by atoms with Crippen LogP contribution in [0.1, 0.15) is 34.7 Å². The zero-order valence-electron chi connectivity index (χ0n) is 13.2. The lowest BCUT2D eigenvalue weighted by Crippen LogP contribution is -2.38. The van der Waals surface area contributed by atoms with Crippen molar-refractivity contribution >= 4 is 17.4 Å². The highest BCUT2D eigenvalue weighted by Crippen LogP contribution is 2.18. The zero-order chi connectivity index (χ0) is 15.9. The third kappa shape index (κ3) is 4.80. The molecule has 118 valence electrons. The van der Waals surface area contributed by atoms with Gasteiger partial charge in [0.15, 0.2) is 0 Å². The summed E-state index contributed by atoms with van der Waals surface area (Å²) < 4.78 is 0. The van der Waals surface area contributed by atoms with Gasteiger partial charge in [0.25, 0.3) is 0 Å². The summed E-state index contributed by atoms with van der Waals surface area (Å²) >= 11 is 1.64. The minimum Gasteiger partial charge on any atom is -0.338 e. The van der Waals surface area contributed by atoms with Crippen molar-refractivity contribution in [3.63, 3.8) is 0 Å². The van der Waals surface area contributed by atoms with Gasteiger partial charge in [0.1, 0.15) is 0 Å². The van der Waals surface area contributed by atoms with Gasteiger partial charge in [-0.1, -0.05) is 6.92 Å². The minimum atomic E-state index is -0.133. The third-order valence-corrected chi connectivity index (χ3v) is 4.64. The molecule has 0 aliphatic heterocycles. The van der Waals surface area contributed by atoms with E-state index in [0.717, 1.165) is 22.7 Å². The van der Waals surface area contributed by atoms with E-state index in [-0.39, 0.29) is 11.9 Å². The van der Waals surface area contributed by atoms with Crippen LogP contribution < -0.4 is 10.6 Å². The van der Waals surface area contributed by atoms with Crippen LogP contribution in [0.15, 0.2) is 23.8 Å². The number of nitrogens with zero attached hydrogens (tertiary/aromatic N) is 2. The Bertz CT molecular complexity index is 626. The Hall–Kier alpha value is -1.95. The fourth-order valence-electron chi connectivity index (χ4n) is 2.09. The molecular formula is C16H22N4OS. The van der Waals surface area contributed by atoms with E-state index >= 15 is 0 Å². The molecule has 2 rings (SSSR count). The number of rotatable bonds is 6. The van der Waals surface area contributed by atoms with Crippen LogP contribution >= 0.6 is 11.3 Å². The maximum atomic E-state index is 11.8. The molecule has 0 aliphatic carbocycles. The highest BCUT2D eigenvalue weighted by Gasteiger charge is 2.10. The Kier molecular flexibility index (Phi) is 5.89. The van der Waals surface area contributed by atoms with Crippen LogP contribution in [0, 0.1) is 13.8 Å². The monoisotopic (exact) mass is 318 g/mol. The number of carbonyl (C=O) groups excluding carboxylic acids is 1. The smallest absolute Gasteiger partial charge is 0.314 e. The van der Waals surface area contributed by atoms with E-state index in [0.29, 0.717) is 13.1 Å². The largest absolute Gasteiger partial charge is 0.338 e. The fraction of sp³-hybridized carbons (Fsp3) is 0.438. The van der Waals surface area contributed by atoms with Crippen molar-refractivity contribution < 1.29 is 4.79 Å². The quantitative estimate of drug-likeness (QED) is 0.860. The van der Waals surface area contributed by atoms with Gasteiger partial charge in [-0.05, 0) is 37.5 Å². The Labute approximate surface area is 135 Å². The molecule has 2 aromatic heterocycles. The predicted molar refractivity (Wildman–Crippen MR) is 89.3 cm³/mol. The lowest BCUT2D eigenvalue weighted by molar-refractivity contribution is 0.240. The molecule has 0 fully saturated rings. The number of carbonyl (C=O) groups is 1. The molecule has 6 heteroatoms. The summed E-state index contributed by atoms with van der Waals surface area (Å²) in [7, 11) is 0. The number of amides is 2. The minimum absolute atomic E-state index is 0.133. The number of urea groups is 1. The van der Waals surface area contributed by atoms with Crippen molar-refractivity contribution in [2.45, 2.75) is 33.1 Å². The maximum Gasteiger partial charge on any atom is 0.314 e. The molecule has 0 radical (unpaired) electrons. The van der Waals surface area contributed by atoms with Crippen LogP contribution in [0.5, 0.6) is 0 Å². The molecule has 5 nitrogen and oxygen atoms in total. The van der Waals surface area contributed by atoms with Gasteiger partial charge in [-0.15, -0.1) is 11.3 Å². The molecule has 22 heavy (non-hydrogen) atoms. The van der Waals surface area contributed by atoms with Crippen molar-refractivity contribution in [2.24, 2.45) is 0 Å². The molecular weight excluding hydrogens is 296 g/mol. The second-order valence-corrected chi connectivity index (χ2v) is 6.31. The molecule has 0 saturated heterocycles. The van der Waals surface area contributed by atoms with E-state index in [1.54, 1.807) is 17.5 Å². The van der Waals surface area contributed by atoms with Crippen LogP contribution in [-0.2, 0) is 6.42 Å². The highest BCUT2D eigenvalue weighted by atomic mass is 32.1. The van der Waals surface area contributed by atoms with Gasteiger partial charge in [-0.25, -0.2) is 9.78 Å². The van der Waals surface area contributed by atoms with Crippen LogP contribution in [0.4, 0.5) is 4.79 Å². The first-order valence-electron chi connectivity index (χ1n) is 7.39. The summed E-state index contributed by atoms with van der Waals surface area (Å²) in [6.45, 7) is 7.28. The predicted octanol–water partition coefficient (Wildman–Crippen LogP) is 2.80. The maximum absolute atomic E-state index is 11.8. The lowest BCUT2D eigenvalue weighted by Gasteiger charge is -2.11. The van der Waals surface area contributed by atoms with E-state index in [2.05, 4.69) is 27.5 Å².